The Labute approximate surface area is 158 Å². The van der Waals surface area contributed by atoms with Crippen LogP contribution in [0.1, 0.15) is 33.6 Å². The van der Waals surface area contributed by atoms with Gasteiger partial charge in [-0.3, -0.25) is 9.48 Å². The van der Waals surface area contributed by atoms with Gasteiger partial charge in [0.2, 0.25) is 5.91 Å². The highest BCUT2D eigenvalue weighted by Crippen LogP contribution is 2.27. The first kappa shape index (κ1) is 17.6. The van der Waals surface area contributed by atoms with Gasteiger partial charge in [0, 0.05) is 25.2 Å². The molecule has 1 amide bonds. The Hall–Kier alpha value is -2.83. The van der Waals surface area contributed by atoms with E-state index >= 15 is 0 Å². The molecule has 0 saturated carbocycles. The predicted molar refractivity (Wildman–Crippen MR) is 105 cm³/mol. The van der Waals surface area contributed by atoms with Gasteiger partial charge in [0.25, 0.3) is 6.01 Å². The summed E-state index contributed by atoms with van der Waals surface area (Å²) in [4.78, 5) is 19.3. The highest BCUT2D eigenvalue weighted by Gasteiger charge is 2.27. The third-order valence-corrected chi connectivity index (χ3v) is 4.96. The van der Waals surface area contributed by atoms with Crippen molar-refractivity contribution in [2.45, 2.75) is 39.2 Å². The number of rotatable bonds is 3. The van der Waals surface area contributed by atoms with Gasteiger partial charge < -0.3 is 14.6 Å². The molecule has 0 atom stereocenters. The first-order valence-corrected chi connectivity index (χ1v) is 9.37. The van der Waals surface area contributed by atoms with E-state index in [9.17, 15) is 4.79 Å². The van der Waals surface area contributed by atoms with E-state index in [2.05, 4.69) is 41.1 Å². The lowest BCUT2D eigenvalue weighted by Gasteiger charge is -2.29. The number of fused-ring (bicyclic) bond motifs is 1. The Morgan fingerprint density at radius 1 is 1.22 bits per heavy atom. The first-order chi connectivity index (χ1) is 12.9. The molecule has 3 aromatic rings. The van der Waals surface area contributed by atoms with Crippen LogP contribution in [0.25, 0.3) is 11.1 Å². The van der Waals surface area contributed by atoms with Gasteiger partial charge >= 0.3 is 0 Å². The van der Waals surface area contributed by atoms with Crippen molar-refractivity contribution < 1.29 is 9.21 Å². The molecule has 1 aromatic carbocycles. The van der Waals surface area contributed by atoms with Crippen molar-refractivity contribution in [1.82, 2.24) is 14.8 Å². The Balaban J connectivity index is 1.35. The summed E-state index contributed by atoms with van der Waals surface area (Å²) in [6.45, 7) is 7.74. The molecule has 0 spiro atoms. The van der Waals surface area contributed by atoms with Gasteiger partial charge in [0.1, 0.15) is 5.52 Å². The lowest BCUT2D eigenvalue weighted by atomic mass is 9.96. The van der Waals surface area contributed by atoms with Crippen LogP contribution in [0.4, 0.5) is 11.7 Å². The van der Waals surface area contributed by atoms with Gasteiger partial charge in [-0.05, 0) is 45.7 Å². The number of hydrogen-bond acceptors (Lipinski definition) is 5. The van der Waals surface area contributed by atoms with E-state index in [0.717, 1.165) is 42.7 Å². The van der Waals surface area contributed by atoms with E-state index in [0.29, 0.717) is 6.01 Å². The summed E-state index contributed by atoms with van der Waals surface area (Å²) in [5.41, 5.74) is 2.30. The minimum Gasteiger partial charge on any atom is -0.423 e. The van der Waals surface area contributed by atoms with Gasteiger partial charge in [0.15, 0.2) is 5.58 Å². The van der Waals surface area contributed by atoms with E-state index in [4.69, 9.17) is 4.42 Å². The maximum absolute atomic E-state index is 12.6. The number of benzene rings is 1. The van der Waals surface area contributed by atoms with Crippen molar-refractivity contribution in [2.24, 2.45) is 5.92 Å². The molecule has 1 aliphatic heterocycles. The van der Waals surface area contributed by atoms with Crippen LogP contribution in [0, 0.1) is 5.92 Å². The van der Waals surface area contributed by atoms with Crippen LogP contribution >= 0.6 is 0 Å². The number of anilines is 2. The number of nitrogens with zero attached hydrogens (tertiary/aromatic N) is 4. The Bertz CT molecular complexity index is 912. The molecule has 1 N–H and O–H groups in total. The molecule has 7 heteroatoms. The fraction of sp³-hybridized carbons (Fsp3) is 0.450. The number of amides is 1. The summed E-state index contributed by atoms with van der Waals surface area (Å²) < 4.78 is 7.70. The van der Waals surface area contributed by atoms with Gasteiger partial charge in [-0.15, -0.1) is 0 Å². The van der Waals surface area contributed by atoms with Gasteiger partial charge in [0.05, 0.1) is 17.4 Å². The molecule has 2 aromatic heterocycles. The maximum Gasteiger partial charge on any atom is 0.298 e. The second kappa shape index (κ2) is 6.72. The summed E-state index contributed by atoms with van der Waals surface area (Å²) in [6.07, 6.45) is 5.14. The quantitative estimate of drug-likeness (QED) is 0.765. The summed E-state index contributed by atoms with van der Waals surface area (Å²) in [6, 6.07) is 8.40. The lowest BCUT2D eigenvalue weighted by molar-refractivity contribution is -0.120. The summed E-state index contributed by atoms with van der Waals surface area (Å²) >= 11 is 0. The fourth-order valence-corrected chi connectivity index (χ4v) is 3.33. The van der Waals surface area contributed by atoms with Crippen LogP contribution in [0.3, 0.4) is 0 Å². The molecule has 1 fully saturated rings. The Morgan fingerprint density at radius 3 is 2.63 bits per heavy atom. The molecular weight excluding hydrogens is 342 g/mol. The third kappa shape index (κ3) is 3.67. The van der Waals surface area contributed by atoms with Gasteiger partial charge in [-0.1, -0.05) is 12.1 Å². The number of carbonyl (C=O) groups excluding carboxylic acids is 1. The fourth-order valence-electron chi connectivity index (χ4n) is 3.33. The van der Waals surface area contributed by atoms with Crippen LogP contribution < -0.4 is 10.2 Å². The SMILES string of the molecule is CC(C)(C)n1cc(NC(=O)C2CCN(c3nc4ccccc4o3)CC2)cn1. The van der Waals surface area contributed by atoms with Crippen LogP contribution in [-0.2, 0) is 10.3 Å². The molecule has 3 heterocycles. The molecule has 0 unspecified atom stereocenters. The molecule has 0 aliphatic carbocycles. The molecule has 1 saturated heterocycles. The van der Waals surface area contributed by atoms with Crippen LogP contribution in [0.5, 0.6) is 0 Å². The second-order valence-corrected chi connectivity index (χ2v) is 8.06. The number of piperidine rings is 1. The van der Waals surface area contributed by atoms with E-state index < -0.39 is 0 Å². The van der Waals surface area contributed by atoms with E-state index in [1.165, 1.54) is 0 Å². The van der Waals surface area contributed by atoms with E-state index in [1.807, 2.05) is 35.1 Å². The molecule has 27 heavy (non-hydrogen) atoms. The second-order valence-electron chi connectivity index (χ2n) is 8.06. The zero-order valence-corrected chi connectivity index (χ0v) is 16.0. The van der Waals surface area contributed by atoms with Crippen LogP contribution in [0.15, 0.2) is 41.1 Å². The minimum absolute atomic E-state index is 0.0105. The predicted octanol–water partition coefficient (Wildman–Crippen LogP) is 3.63. The Kier molecular flexibility index (Phi) is 4.37. The van der Waals surface area contributed by atoms with Crippen molar-refractivity contribution in [2.75, 3.05) is 23.3 Å². The number of oxazole rings is 1. The van der Waals surface area contributed by atoms with Crippen molar-refractivity contribution in [3.63, 3.8) is 0 Å². The molecule has 1 aliphatic rings. The average Bonchev–Trinajstić information content (AvgIpc) is 3.28. The lowest BCUT2D eigenvalue weighted by Crippen LogP contribution is -2.38. The van der Waals surface area contributed by atoms with Crippen molar-refractivity contribution in [1.29, 1.82) is 0 Å². The van der Waals surface area contributed by atoms with Crippen molar-refractivity contribution in [3.8, 4) is 0 Å². The average molecular weight is 367 g/mol. The Morgan fingerprint density at radius 2 is 1.96 bits per heavy atom. The molecule has 142 valence electrons. The molecule has 0 radical (unpaired) electrons. The van der Waals surface area contributed by atoms with Gasteiger partial charge in [-0.2, -0.15) is 10.1 Å². The van der Waals surface area contributed by atoms with Crippen LogP contribution in [-0.4, -0.2) is 33.8 Å². The van der Waals surface area contributed by atoms with E-state index in [-0.39, 0.29) is 17.4 Å². The summed E-state index contributed by atoms with van der Waals surface area (Å²) in [5, 5.41) is 7.33. The third-order valence-electron chi connectivity index (χ3n) is 4.96. The molecular formula is C20H25N5O2. The molecule has 7 nitrogen and oxygen atoms in total. The number of hydrogen-bond donors (Lipinski definition) is 1. The van der Waals surface area contributed by atoms with Crippen molar-refractivity contribution in [3.05, 3.63) is 36.7 Å². The first-order valence-electron chi connectivity index (χ1n) is 9.37. The molecule has 4 rings (SSSR count). The minimum atomic E-state index is -0.103. The van der Waals surface area contributed by atoms with Crippen molar-refractivity contribution >= 4 is 28.7 Å². The van der Waals surface area contributed by atoms with Gasteiger partial charge in [-0.25, -0.2) is 0 Å². The number of carbonyl (C=O) groups is 1. The number of aromatic nitrogens is 3. The maximum atomic E-state index is 12.6. The standard InChI is InChI=1S/C20H25N5O2/c1-20(2,3)25-13-15(12-21-25)22-18(26)14-8-10-24(11-9-14)19-23-16-6-4-5-7-17(16)27-19/h4-7,12-14H,8-11H2,1-3H3,(H,22,26). The van der Waals surface area contributed by atoms with Crippen LogP contribution in [0.2, 0.25) is 0 Å². The zero-order chi connectivity index (χ0) is 19.0. The number of para-hydroxylation sites is 2. The number of nitrogens with one attached hydrogen (secondary N) is 1. The normalized spacial score (nSPS) is 16.0. The van der Waals surface area contributed by atoms with E-state index in [1.54, 1.807) is 6.20 Å². The smallest absolute Gasteiger partial charge is 0.298 e. The zero-order valence-electron chi connectivity index (χ0n) is 16.0. The monoisotopic (exact) mass is 367 g/mol. The summed E-state index contributed by atoms with van der Waals surface area (Å²) in [5.74, 6) is 0.0456. The summed E-state index contributed by atoms with van der Waals surface area (Å²) in [7, 11) is 0. The molecule has 0 bridgehead atoms. The topological polar surface area (TPSA) is 76.2 Å². The highest BCUT2D eigenvalue weighted by molar-refractivity contribution is 5.92. The largest absolute Gasteiger partial charge is 0.423 e. The highest BCUT2D eigenvalue weighted by atomic mass is 16.4.